The summed E-state index contributed by atoms with van der Waals surface area (Å²) in [7, 11) is 0. The Morgan fingerprint density at radius 1 is 1.33 bits per heavy atom. The van der Waals surface area contributed by atoms with Crippen molar-refractivity contribution >= 4 is 11.4 Å². The van der Waals surface area contributed by atoms with Gasteiger partial charge in [-0.1, -0.05) is 12.1 Å². The Bertz CT molecular complexity index is 613. The summed E-state index contributed by atoms with van der Waals surface area (Å²) in [6.45, 7) is 0.284. The smallest absolute Gasteiger partial charge is 0.292 e. The van der Waals surface area contributed by atoms with Crippen LogP contribution >= 0.6 is 0 Å². The number of hydrogen-bond donors (Lipinski definition) is 1. The molecule has 0 bridgehead atoms. The molecule has 0 atom stereocenters. The highest BCUT2D eigenvalue weighted by Gasteiger charge is 2.12. The van der Waals surface area contributed by atoms with Gasteiger partial charge in [0.2, 0.25) is 5.76 Å². The second kappa shape index (κ2) is 5.01. The van der Waals surface area contributed by atoms with E-state index < -0.39 is 4.92 Å². The van der Waals surface area contributed by atoms with E-state index in [-0.39, 0.29) is 18.0 Å². The van der Waals surface area contributed by atoms with Crippen LogP contribution in [0.3, 0.4) is 0 Å². The Morgan fingerprint density at radius 3 is 2.78 bits per heavy atom. The molecule has 1 aromatic carbocycles. The maximum absolute atomic E-state index is 10.8. The van der Waals surface area contributed by atoms with Gasteiger partial charge in [-0.05, 0) is 18.2 Å². The largest absolute Gasteiger partial charge is 0.449 e. The molecule has 0 aliphatic heterocycles. The highest BCUT2D eigenvalue weighted by atomic mass is 16.6. The van der Waals surface area contributed by atoms with Crippen molar-refractivity contribution in [3.63, 3.8) is 0 Å². The van der Waals surface area contributed by atoms with E-state index in [1.54, 1.807) is 30.3 Å². The number of nitro benzene ring substituents is 1. The number of hydrogen-bond acceptors (Lipinski definition) is 5. The van der Waals surface area contributed by atoms with E-state index in [1.165, 1.54) is 6.07 Å². The number of anilines is 1. The van der Waals surface area contributed by atoms with Crippen molar-refractivity contribution in [2.45, 2.75) is 6.54 Å². The first-order chi connectivity index (χ1) is 8.70. The van der Waals surface area contributed by atoms with E-state index in [4.69, 9.17) is 9.68 Å². The van der Waals surface area contributed by atoms with Gasteiger partial charge < -0.3 is 9.73 Å². The number of nitriles is 1. The first-order valence-corrected chi connectivity index (χ1v) is 5.17. The lowest BCUT2D eigenvalue weighted by Gasteiger charge is -2.04. The third kappa shape index (κ3) is 2.47. The van der Waals surface area contributed by atoms with Crippen molar-refractivity contribution in [2.24, 2.45) is 0 Å². The average molecular weight is 243 g/mol. The number of nitrogens with one attached hydrogen (secondary N) is 1. The van der Waals surface area contributed by atoms with Crippen LogP contribution in [-0.2, 0) is 6.54 Å². The molecular formula is C12H9N3O3. The van der Waals surface area contributed by atoms with Gasteiger partial charge in [-0.3, -0.25) is 10.1 Å². The third-order valence-corrected chi connectivity index (χ3v) is 2.33. The highest BCUT2D eigenvalue weighted by Crippen LogP contribution is 2.23. The standard InChI is InChI=1S/C12H9N3O3/c13-7-9-5-6-10(18-9)8-14-11-3-1-2-4-12(11)15(16)17/h1-6,14H,8H2. The number of nitro groups is 1. The van der Waals surface area contributed by atoms with E-state index in [0.29, 0.717) is 11.4 Å². The normalized spacial score (nSPS) is 9.72. The van der Waals surface area contributed by atoms with Gasteiger partial charge in [0.1, 0.15) is 17.5 Å². The molecule has 0 saturated carbocycles. The molecular weight excluding hydrogens is 234 g/mol. The molecule has 0 amide bonds. The summed E-state index contributed by atoms with van der Waals surface area (Å²) in [4.78, 5) is 10.3. The molecule has 0 unspecified atom stereocenters. The summed E-state index contributed by atoms with van der Waals surface area (Å²) < 4.78 is 5.16. The van der Waals surface area contributed by atoms with Crippen LogP contribution in [0.5, 0.6) is 0 Å². The van der Waals surface area contributed by atoms with Crippen molar-refractivity contribution in [1.82, 2.24) is 0 Å². The molecule has 0 aliphatic carbocycles. The Kier molecular flexibility index (Phi) is 3.25. The summed E-state index contributed by atoms with van der Waals surface area (Å²) in [6, 6.07) is 11.4. The van der Waals surface area contributed by atoms with Gasteiger partial charge >= 0.3 is 0 Å². The summed E-state index contributed by atoms with van der Waals surface area (Å²) >= 11 is 0. The van der Waals surface area contributed by atoms with Gasteiger partial charge in [-0.25, -0.2) is 0 Å². The number of para-hydroxylation sites is 2. The van der Waals surface area contributed by atoms with Crippen LogP contribution < -0.4 is 5.32 Å². The molecule has 18 heavy (non-hydrogen) atoms. The zero-order chi connectivity index (χ0) is 13.0. The number of benzene rings is 1. The van der Waals surface area contributed by atoms with Gasteiger partial charge in [-0.2, -0.15) is 5.26 Å². The lowest BCUT2D eigenvalue weighted by Crippen LogP contribution is -2.01. The summed E-state index contributed by atoms with van der Waals surface area (Å²) in [5.74, 6) is 0.763. The van der Waals surface area contributed by atoms with E-state index in [1.807, 2.05) is 6.07 Å². The molecule has 0 aliphatic rings. The monoisotopic (exact) mass is 243 g/mol. The highest BCUT2D eigenvalue weighted by molar-refractivity contribution is 5.61. The lowest BCUT2D eigenvalue weighted by molar-refractivity contribution is -0.384. The predicted molar refractivity (Wildman–Crippen MR) is 63.8 cm³/mol. The van der Waals surface area contributed by atoms with Crippen LogP contribution in [0, 0.1) is 21.4 Å². The molecule has 0 fully saturated rings. The molecule has 90 valence electrons. The van der Waals surface area contributed by atoms with Crippen molar-refractivity contribution in [3.8, 4) is 6.07 Å². The second-order valence-corrected chi connectivity index (χ2v) is 3.51. The van der Waals surface area contributed by atoms with Crippen LogP contribution in [-0.4, -0.2) is 4.92 Å². The molecule has 1 heterocycles. The molecule has 2 aromatic rings. The molecule has 0 radical (unpaired) electrons. The topological polar surface area (TPSA) is 92.1 Å². The van der Waals surface area contributed by atoms with Crippen molar-refractivity contribution in [3.05, 3.63) is 58.0 Å². The molecule has 2 rings (SSSR count). The Balaban J connectivity index is 2.11. The van der Waals surface area contributed by atoms with Gasteiger partial charge in [0.05, 0.1) is 11.5 Å². The summed E-state index contributed by atoms with van der Waals surface area (Å²) in [5, 5.41) is 22.3. The fourth-order valence-corrected chi connectivity index (χ4v) is 1.50. The van der Waals surface area contributed by atoms with E-state index in [9.17, 15) is 10.1 Å². The number of furan rings is 1. The van der Waals surface area contributed by atoms with Crippen molar-refractivity contribution in [1.29, 1.82) is 5.26 Å². The van der Waals surface area contributed by atoms with Crippen LogP contribution in [0.15, 0.2) is 40.8 Å². The van der Waals surface area contributed by atoms with E-state index >= 15 is 0 Å². The van der Waals surface area contributed by atoms with Crippen LogP contribution in [0.1, 0.15) is 11.5 Å². The van der Waals surface area contributed by atoms with Gasteiger partial charge in [0.25, 0.3) is 5.69 Å². The molecule has 0 spiro atoms. The predicted octanol–water partition coefficient (Wildman–Crippen LogP) is 2.67. The third-order valence-electron chi connectivity index (χ3n) is 2.33. The van der Waals surface area contributed by atoms with Crippen LogP contribution in [0.2, 0.25) is 0 Å². The molecule has 6 heteroatoms. The van der Waals surface area contributed by atoms with Gasteiger partial charge in [-0.15, -0.1) is 0 Å². The Hall–Kier alpha value is -2.81. The van der Waals surface area contributed by atoms with Crippen molar-refractivity contribution in [2.75, 3.05) is 5.32 Å². The van der Waals surface area contributed by atoms with Crippen LogP contribution in [0.4, 0.5) is 11.4 Å². The minimum atomic E-state index is -0.453. The second-order valence-electron chi connectivity index (χ2n) is 3.51. The summed E-state index contributed by atoms with van der Waals surface area (Å²) in [5.41, 5.74) is 0.418. The Morgan fingerprint density at radius 2 is 2.11 bits per heavy atom. The number of nitrogens with zero attached hydrogens (tertiary/aromatic N) is 2. The van der Waals surface area contributed by atoms with Crippen molar-refractivity contribution < 1.29 is 9.34 Å². The van der Waals surface area contributed by atoms with E-state index in [0.717, 1.165) is 0 Å². The average Bonchev–Trinajstić information content (AvgIpc) is 2.84. The van der Waals surface area contributed by atoms with E-state index in [2.05, 4.69) is 5.32 Å². The number of rotatable bonds is 4. The fraction of sp³-hybridized carbons (Fsp3) is 0.0833. The van der Waals surface area contributed by atoms with Gasteiger partial charge in [0, 0.05) is 6.07 Å². The SMILES string of the molecule is N#Cc1ccc(CNc2ccccc2[N+](=O)[O-])o1. The molecule has 6 nitrogen and oxygen atoms in total. The van der Waals surface area contributed by atoms with Crippen LogP contribution in [0.25, 0.3) is 0 Å². The first-order valence-electron chi connectivity index (χ1n) is 5.17. The lowest BCUT2D eigenvalue weighted by atomic mass is 10.2. The fourth-order valence-electron chi connectivity index (χ4n) is 1.50. The quantitative estimate of drug-likeness (QED) is 0.658. The maximum atomic E-state index is 10.8. The minimum Gasteiger partial charge on any atom is -0.449 e. The molecule has 1 aromatic heterocycles. The Labute approximate surface area is 103 Å². The maximum Gasteiger partial charge on any atom is 0.292 e. The zero-order valence-electron chi connectivity index (χ0n) is 9.29. The summed E-state index contributed by atoms with van der Waals surface area (Å²) in [6.07, 6.45) is 0. The molecule has 0 saturated heterocycles. The molecule has 1 N–H and O–H groups in total. The zero-order valence-corrected chi connectivity index (χ0v) is 9.29. The minimum absolute atomic E-state index is 0.00422. The van der Waals surface area contributed by atoms with Gasteiger partial charge in [0.15, 0.2) is 0 Å². The first kappa shape index (κ1) is 11.7.